The molecule has 0 bridgehead atoms. The van der Waals surface area contributed by atoms with Gasteiger partial charge < -0.3 is 15.7 Å². The molecule has 0 aliphatic carbocycles. The van der Waals surface area contributed by atoms with Crippen molar-refractivity contribution in [3.8, 4) is 0 Å². The number of aliphatic imine (C=N–C) groups is 1. The molecule has 0 amide bonds. The summed E-state index contributed by atoms with van der Waals surface area (Å²) in [4.78, 5) is 7.19. The predicted molar refractivity (Wildman–Crippen MR) is 114 cm³/mol. The molecule has 3 N–H and O–H groups in total. The van der Waals surface area contributed by atoms with Crippen LogP contribution in [0.3, 0.4) is 0 Å². The van der Waals surface area contributed by atoms with Gasteiger partial charge in [-0.15, -0.1) is 0 Å². The molecule has 1 aromatic carbocycles. The molecule has 27 heavy (non-hydrogen) atoms. The van der Waals surface area contributed by atoms with Crippen molar-refractivity contribution in [2.45, 2.75) is 71.6 Å². The first-order chi connectivity index (χ1) is 13.0. The third kappa shape index (κ3) is 6.82. The van der Waals surface area contributed by atoms with E-state index in [1.165, 1.54) is 11.1 Å². The fraction of sp³-hybridized carbons (Fsp3) is 0.682. The van der Waals surface area contributed by atoms with Crippen LogP contribution in [0.5, 0.6) is 0 Å². The Morgan fingerprint density at radius 3 is 2.44 bits per heavy atom. The Morgan fingerprint density at radius 1 is 1.19 bits per heavy atom. The zero-order chi connectivity index (χ0) is 19.7. The molecule has 5 nitrogen and oxygen atoms in total. The van der Waals surface area contributed by atoms with E-state index in [0.717, 1.165) is 57.8 Å². The Bertz CT molecular complexity index is 590. The number of guanidine groups is 1. The van der Waals surface area contributed by atoms with Crippen LogP contribution in [0.1, 0.15) is 57.6 Å². The van der Waals surface area contributed by atoms with Gasteiger partial charge in [0.25, 0.3) is 0 Å². The second kappa shape index (κ2) is 10.7. The lowest BCUT2D eigenvalue weighted by Gasteiger charge is -2.33. The lowest BCUT2D eigenvalue weighted by molar-refractivity contribution is 0.0417. The molecule has 2 rings (SSSR count). The highest BCUT2D eigenvalue weighted by atomic mass is 16.3. The molecule has 152 valence electrons. The molecule has 0 saturated carbocycles. The minimum Gasteiger partial charge on any atom is -0.388 e. The molecule has 1 fully saturated rings. The summed E-state index contributed by atoms with van der Waals surface area (Å²) >= 11 is 0. The van der Waals surface area contributed by atoms with Gasteiger partial charge in [-0.1, -0.05) is 38.1 Å². The van der Waals surface area contributed by atoms with Crippen LogP contribution in [0.25, 0.3) is 0 Å². The monoisotopic (exact) mass is 374 g/mol. The van der Waals surface area contributed by atoms with Gasteiger partial charge in [-0.25, -0.2) is 0 Å². The zero-order valence-electron chi connectivity index (χ0n) is 17.6. The second-order valence-corrected chi connectivity index (χ2v) is 7.75. The number of nitrogens with one attached hydrogen (secondary N) is 2. The van der Waals surface area contributed by atoms with Gasteiger partial charge in [-0.3, -0.25) is 9.89 Å². The standard InChI is InChI=1S/C22H38N4O/c1-5-22(27,6-2)17-24-21(23-7-3)25-20-12-14-26(15-13-20)16-19-11-9-8-10-18(19)4/h8-11,20,27H,5-7,12-17H2,1-4H3,(H2,23,24,25). The lowest BCUT2D eigenvalue weighted by Crippen LogP contribution is -2.49. The Morgan fingerprint density at radius 2 is 1.85 bits per heavy atom. The summed E-state index contributed by atoms with van der Waals surface area (Å²) in [5.41, 5.74) is 2.11. The van der Waals surface area contributed by atoms with Crippen LogP contribution >= 0.6 is 0 Å². The van der Waals surface area contributed by atoms with E-state index in [1.54, 1.807) is 0 Å². The molecule has 1 aliphatic rings. The van der Waals surface area contributed by atoms with Crippen molar-refractivity contribution < 1.29 is 5.11 Å². The van der Waals surface area contributed by atoms with Gasteiger partial charge >= 0.3 is 0 Å². The number of likely N-dealkylation sites (tertiary alicyclic amines) is 1. The second-order valence-electron chi connectivity index (χ2n) is 7.75. The van der Waals surface area contributed by atoms with Gasteiger partial charge in [0.1, 0.15) is 0 Å². The number of rotatable bonds is 8. The summed E-state index contributed by atoms with van der Waals surface area (Å²) < 4.78 is 0. The van der Waals surface area contributed by atoms with Gasteiger partial charge in [-0.05, 0) is 50.7 Å². The summed E-state index contributed by atoms with van der Waals surface area (Å²) in [7, 11) is 0. The van der Waals surface area contributed by atoms with Crippen LogP contribution in [0.4, 0.5) is 0 Å². The number of hydrogen-bond donors (Lipinski definition) is 3. The smallest absolute Gasteiger partial charge is 0.191 e. The van der Waals surface area contributed by atoms with E-state index in [2.05, 4.69) is 58.6 Å². The normalized spacial score (nSPS) is 17.1. The van der Waals surface area contributed by atoms with E-state index in [1.807, 2.05) is 13.8 Å². The fourth-order valence-corrected chi connectivity index (χ4v) is 3.48. The van der Waals surface area contributed by atoms with E-state index in [9.17, 15) is 5.11 Å². The van der Waals surface area contributed by atoms with Gasteiger partial charge in [-0.2, -0.15) is 0 Å². The van der Waals surface area contributed by atoms with Gasteiger partial charge in [0.15, 0.2) is 5.96 Å². The molecule has 0 spiro atoms. The fourth-order valence-electron chi connectivity index (χ4n) is 3.48. The molecule has 5 heteroatoms. The predicted octanol–water partition coefficient (Wildman–Crippen LogP) is 3.07. The van der Waals surface area contributed by atoms with Crippen LogP contribution in [0, 0.1) is 6.92 Å². The molecule has 0 radical (unpaired) electrons. The Hall–Kier alpha value is -1.59. The number of aliphatic hydroxyl groups is 1. The van der Waals surface area contributed by atoms with E-state index < -0.39 is 5.60 Å². The van der Waals surface area contributed by atoms with Gasteiger partial charge in [0.05, 0.1) is 12.1 Å². The zero-order valence-corrected chi connectivity index (χ0v) is 17.6. The number of nitrogens with zero attached hydrogens (tertiary/aromatic N) is 2. The first kappa shape index (κ1) is 21.7. The maximum absolute atomic E-state index is 10.5. The molecule has 1 aliphatic heterocycles. The average Bonchev–Trinajstić information content (AvgIpc) is 2.69. The van der Waals surface area contributed by atoms with Crippen molar-refractivity contribution in [3.63, 3.8) is 0 Å². The highest BCUT2D eigenvalue weighted by Gasteiger charge is 2.23. The number of aryl methyl sites for hydroxylation is 1. The molecular weight excluding hydrogens is 336 g/mol. The minimum atomic E-state index is -0.695. The van der Waals surface area contributed by atoms with Gasteiger partial charge in [0, 0.05) is 32.2 Å². The van der Waals surface area contributed by atoms with E-state index in [-0.39, 0.29) is 0 Å². The largest absolute Gasteiger partial charge is 0.388 e. The molecule has 1 aromatic rings. The highest BCUT2D eigenvalue weighted by Crippen LogP contribution is 2.17. The first-order valence-electron chi connectivity index (χ1n) is 10.5. The van der Waals surface area contributed by atoms with Crippen LogP contribution in [0.2, 0.25) is 0 Å². The maximum Gasteiger partial charge on any atom is 0.191 e. The quantitative estimate of drug-likeness (QED) is 0.483. The number of benzene rings is 1. The minimum absolute atomic E-state index is 0.437. The highest BCUT2D eigenvalue weighted by molar-refractivity contribution is 5.80. The summed E-state index contributed by atoms with van der Waals surface area (Å²) in [6.45, 7) is 12.8. The molecule has 0 atom stereocenters. The van der Waals surface area contributed by atoms with Crippen molar-refractivity contribution in [3.05, 3.63) is 35.4 Å². The van der Waals surface area contributed by atoms with Crippen LogP contribution in [0.15, 0.2) is 29.3 Å². The maximum atomic E-state index is 10.5. The molecule has 1 saturated heterocycles. The summed E-state index contributed by atoms with van der Waals surface area (Å²) in [5, 5.41) is 17.4. The van der Waals surface area contributed by atoms with Crippen molar-refractivity contribution in [2.24, 2.45) is 4.99 Å². The molecule has 1 heterocycles. The SMILES string of the molecule is CCNC(=NCC(O)(CC)CC)NC1CCN(Cc2ccccc2C)CC1. The number of piperidine rings is 1. The van der Waals surface area contributed by atoms with E-state index >= 15 is 0 Å². The van der Waals surface area contributed by atoms with E-state index in [0.29, 0.717) is 12.6 Å². The molecule has 0 unspecified atom stereocenters. The van der Waals surface area contributed by atoms with Gasteiger partial charge in [0.2, 0.25) is 0 Å². The Balaban J connectivity index is 1.85. The third-order valence-electron chi connectivity index (χ3n) is 5.78. The molecular formula is C22H38N4O. The van der Waals surface area contributed by atoms with Crippen LogP contribution in [-0.4, -0.2) is 53.8 Å². The van der Waals surface area contributed by atoms with Crippen molar-refractivity contribution >= 4 is 5.96 Å². The molecule has 0 aromatic heterocycles. The van der Waals surface area contributed by atoms with Crippen molar-refractivity contribution in [1.82, 2.24) is 15.5 Å². The third-order valence-corrected chi connectivity index (χ3v) is 5.78. The van der Waals surface area contributed by atoms with Crippen molar-refractivity contribution in [2.75, 3.05) is 26.2 Å². The Labute approximate surface area is 165 Å². The van der Waals surface area contributed by atoms with Crippen LogP contribution in [-0.2, 0) is 6.54 Å². The lowest BCUT2D eigenvalue weighted by atomic mass is 9.98. The van der Waals surface area contributed by atoms with Crippen LogP contribution < -0.4 is 10.6 Å². The summed E-state index contributed by atoms with van der Waals surface area (Å²) in [5.74, 6) is 0.829. The summed E-state index contributed by atoms with van der Waals surface area (Å²) in [6.07, 6.45) is 3.68. The summed E-state index contributed by atoms with van der Waals surface area (Å²) in [6, 6.07) is 9.10. The Kier molecular flexibility index (Phi) is 8.58. The number of hydrogen-bond acceptors (Lipinski definition) is 3. The van der Waals surface area contributed by atoms with E-state index in [4.69, 9.17) is 0 Å². The average molecular weight is 375 g/mol. The first-order valence-corrected chi connectivity index (χ1v) is 10.5. The topological polar surface area (TPSA) is 59.9 Å². The van der Waals surface area contributed by atoms with Crippen molar-refractivity contribution in [1.29, 1.82) is 0 Å².